The quantitative estimate of drug-likeness (QED) is 0.720. The van der Waals surface area contributed by atoms with Gasteiger partial charge in [0, 0.05) is 17.6 Å². The Kier molecular flexibility index (Phi) is 6.97. The average Bonchev–Trinajstić information content (AvgIpc) is 2.72. The summed E-state index contributed by atoms with van der Waals surface area (Å²) in [6, 6.07) is 0. The second-order valence-electron chi connectivity index (χ2n) is 6.32. The number of nitrogens with one attached hydrogen (secondary N) is 1. The van der Waals surface area contributed by atoms with E-state index in [-0.39, 0.29) is 0 Å². The topological polar surface area (TPSA) is 50.9 Å². The standard InChI is InChI=1S/C15H29N3S/c1-12-10-18-14(19-12)11-17-9-5-6-13(7-8-16)15(2,3)4/h10,13,17H,5-9,11,16H2,1-4H3. The summed E-state index contributed by atoms with van der Waals surface area (Å²) in [4.78, 5) is 5.64. The van der Waals surface area contributed by atoms with Gasteiger partial charge in [-0.1, -0.05) is 20.8 Å². The summed E-state index contributed by atoms with van der Waals surface area (Å²) in [6.45, 7) is 11.8. The van der Waals surface area contributed by atoms with Gasteiger partial charge in [-0.05, 0) is 50.6 Å². The number of rotatable bonds is 8. The maximum atomic E-state index is 5.71. The van der Waals surface area contributed by atoms with Crippen molar-refractivity contribution < 1.29 is 0 Å². The van der Waals surface area contributed by atoms with E-state index in [0.717, 1.165) is 32.0 Å². The van der Waals surface area contributed by atoms with Crippen molar-refractivity contribution in [2.45, 2.75) is 53.5 Å². The lowest BCUT2D eigenvalue weighted by molar-refractivity contribution is 0.210. The van der Waals surface area contributed by atoms with Crippen molar-refractivity contribution in [1.82, 2.24) is 10.3 Å². The van der Waals surface area contributed by atoms with E-state index in [9.17, 15) is 0 Å². The molecule has 0 amide bonds. The molecule has 1 aromatic heterocycles. The van der Waals surface area contributed by atoms with E-state index >= 15 is 0 Å². The highest BCUT2D eigenvalue weighted by Gasteiger charge is 2.22. The molecule has 1 heterocycles. The second kappa shape index (κ2) is 7.98. The van der Waals surface area contributed by atoms with Crippen molar-refractivity contribution in [2.24, 2.45) is 17.1 Å². The first-order valence-corrected chi connectivity index (χ1v) is 8.07. The molecule has 4 heteroatoms. The first kappa shape index (κ1) is 16.6. The Hall–Kier alpha value is -0.450. The van der Waals surface area contributed by atoms with Gasteiger partial charge < -0.3 is 11.1 Å². The Morgan fingerprint density at radius 2 is 2.11 bits per heavy atom. The van der Waals surface area contributed by atoms with Crippen molar-refractivity contribution in [3.8, 4) is 0 Å². The highest BCUT2D eigenvalue weighted by Crippen LogP contribution is 2.31. The van der Waals surface area contributed by atoms with Gasteiger partial charge in [-0.25, -0.2) is 4.98 Å². The van der Waals surface area contributed by atoms with Crippen molar-refractivity contribution in [2.75, 3.05) is 13.1 Å². The number of thiazole rings is 1. The molecule has 1 atom stereocenters. The van der Waals surface area contributed by atoms with Gasteiger partial charge in [-0.3, -0.25) is 0 Å². The molecule has 0 saturated carbocycles. The van der Waals surface area contributed by atoms with Crippen LogP contribution in [0.25, 0.3) is 0 Å². The minimum absolute atomic E-state index is 0.367. The molecule has 0 saturated heterocycles. The molecule has 0 radical (unpaired) electrons. The van der Waals surface area contributed by atoms with Crippen LogP contribution >= 0.6 is 11.3 Å². The molecule has 0 bridgehead atoms. The van der Waals surface area contributed by atoms with Crippen LogP contribution in [-0.4, -0.2) is 18.1 Å². The lowest BCUT2D eigenvalue weighted by atomic mass is 9.76. The fraction of sp³-hybridized carbons (Fsp3) is 0.800. The van der Waals surface area contributed by atoms with Gasteiger partial charge in [0.25, 0.3) is 0 Å². The van der Waals surface area contributed by atoms with Crippen molar-refractivity contribution in [1.29, 1.82) is 0 Å². The molecule has 1 rings (SSSR count). The molecule has 1 unspecified atom stereocenters. The number of nitrogens with zero attached hydrogens (tertiary/aromatic N) is 1. The van der Waals surface area contributed by atoms with E-state index in [1.165, 1.54) is 22.7 Å². The number of aryl methyl sites for hydroxylation is 1. The molecule has 0 aliphatic carbocycles. The van der Waals surface area contributed by atoms with Gasteiger partial charge in [-0.2, -0.15) is 0 Å². The van der Waals surface area contributed by atoms with Gasteiger partial charge in [-0.15, -0.1) is 11.3 Å². The smallest absolute Gasteiger partial charge is 0.107 e. The average molecular weight is 283 g/mol. The van der Waals surface area contributed by atoms with Crippen LogP contribution in [-0.2, 0) is 6.54 Å². The van der Waals surface area contributed by atoms with Crippen LogP contribution in [0.2, 0.25) is 0 Å². The fourth-order valence-electron chi connectivity index (χ4n) is 2.36. The van der Waals surface area contributed by atoms with E-state index in [1.807, 2.05) is 6.20 Å². The van der Waals surface area contributed by atoms with Crippen molar-refractivity contribution in [3.05, 3.63) is 16.1 Å². The minimum atomic E-state index is 0.367. The third-order valence-electron chi connectivity index (χ3n) is 3.59. The second-order valence-corrected chi connectivity index (χ2v) is 7.64. The van der Waals surface area contributed by atoms with Gasteiger partial charge in [0.15, 0.2) is 0 Å². The first-order valence-electron chi connectivity index (χ1n) is 7.25. The van der Waals surface area contributed by atoms with E-state index < -0.39 is 0 Å². The third kappa shape index (κ3) is 6.50. The predicted octanol–water partition coefficient (Wildman–Crippen LogP) is 3.33. The Labute approximate surface area is 122 Å². The van der Waals surface area contributed by atoms with E-state index in [1.54, 1.807) is 11.3 Å². The first-order chi connectivity index (χ1) is 8.93. The predicted molar refractivity (Wildman–Crippen MR) is 84.4 cm³/mol. The largest absolute Gasteiger partial charge is 0.330 e. The molecule has 1 aromatic rings. The van der Waals surface area contributed by atoms with E-state index in [0.29, 0.717) is 5.41 Å². The van der Waals surface area contributed by atoms with Crippen LogP contribution in [0, 0.1) is 18.3 Å². The third-order valence-corrected chi connectivity index (χ3v) is 4.50. The van der Waals surface area contributed by atoms with Gasteiger partial charge in [0.05, 0.1) is 0 Å². The summed E-state index contributed by atoms with van der Waals surface area (Å²) in [7, 11) is 0. The summed E-state index contributed by atoms with van der Waals surface area (Å²) in [5, 5.41) is 4.67. The zero-order chi connectivity index (χ0) is 14.3. The summed E-state index contributed by atoms with van der Waals surface area (Å²) in [5.41, 5.74) is 6.08. The van der Waals surface area contributed by atoms with Gasteiger partial charge >= 0.3 is 0 Å². The molecule has 19 heavy (non-hydrogen) atoms. The Morgan fingerprint density at radius 1 is 1.37 bits per heavy atom. The Bertz CT molecular complexity index is 355. The van der Waals surface area contributed by atoms with Crippen LogP contribution in [0.3, 0.4) is 0 Å². The molecule has 3 nitrogen and oxygen atoms in total. The lowest BCUT2D eigenvalue weighted by Gasteiger charge is -2.30. The summed E-state index contributed by atoms with van der Waals surface area (Å²) in [5.74, 6) is 0.724. The number of nitrogens with two attached hydrogens (primary N) is 1. The zero-order valence-corrected chi connectivity index (χ0v) is 13.6. The number of hydrogen-bond acceptors (Lipinski definition) is 4. The summed E-state index contributed by atoms with van der Waals surface area (Å²) in [6.07, 6.45) is 5.55. The molecule has 0 aliphatic heterocycles. The molecule has 0 spiro atoms. The van der Waals surface area contributed by atoms with Gasteiger partial charge in [0.2, 0.25) is 0 Å². The molecule has 0 aliphatic rings. The highest BCUT2D eigenvalue weighted by molar-refractivity contribution is 7.11. The van der Waals surface area contributed by atoms with Crippen molar-refractivity contribution >= 4 is 11.3 Å². The molecular formula is C15H29N3S. The van der Waals surface area contributed by atoms with Crippen LogP contribution in [0.15, 0.2) is 6.20 Å². The zero-order valence-electron chi connectivity index (χ0n) is 12.8. The van der Waals surface area contributed by atoms with E-state index in [2.05, 4.69) is 38.0 Å². The highest BCUT2D eigenvalue weighted by atomic mass is 32.1. The molecule has 110 valence electrons. The van der Waals surface area contributed by atoms with Crippen LogP contribution < -0.4 is 11.1 Å². The normalized spacial score (nSPS) is 13.7. The molecule has 3 N–H and O–H groups in total. The fourth-order valence-corrected chi connectivity index (χ4v) is 3.12. The van der Waals surface area contributed by atoms with Gasteiger partial charge in [0.1, 0.15) is 5.01 Å². The number of hydrogen-bond donors (Lipinski definition) is 2. The van der Waals surface area contributed by atoms with Crippen LogP contribution in [0.1, 0.15) is 49.9 Å². The minimum Gasteiger partial charge on any atom is -0.330 e. The van der Waals surface area contributed by atoms with Crippen LogP contribution in [0.5, 0.6) is 0 Å². The SMILES string of the molecule is Cc1cnc(CNCCCC(CCN)C(C)(C)C)s1. The maximum absolute atomic E-state index is 5.71. The lowest BCUT2D eigenvalue weighted by Crippen LogP contribution is -2.25. The summed E-state index contributed by atoms with van der Waals surface area (Å²) < 4.78 is 0. The van der Waals surface area contributed by atoms with Crippen molar-refractivity contribution in [3.63, 3.8) is 0 Å². The number of aromatic nitrogens is 1. The monoisotopic (exact) mass is 283 g/mol. The maximum Gasteiger partial charge on any atom is 0.107 e. The Balaban J connectivity index is 2.18. The van der Waals surface area contributed by atoms with E-state index in [4.69, 9.17) is 5.73 Å². The molecule has 0 fully saturated rings. The summed E-state index contributed by atoms with van der Waals surface area (Å²) >= 11 is 1.77. The Morgan fingerprint density at radius 3 is 2.63 bits per heavy atom. The molecule has 0 aromatic carbocycles. The van der Waals surface area contributed by atoms with Crippen LogP contribution in [0.4, 0.5) is 0 Å². The molecular weight excluding hydrogens is 254 g/mol.